The van der Waals surface area contributed by atoms with Gasteiger partial charge in [-0.15, -0.1) is 6.58 Å². The number of nitrogens with one attached hydrogen (secondary N) is 1. The Balaban J connectivity index is 2.77. The summed E-state index contributed by atoms with van der Waals surface area (Å²) in [6.07, 6.45) is 9.79. The predicted molar refractivity (Wildman–Crippen MR) is 56.4 cm³/mol. The second-order valence-electron chi connectivity index (χ2n) is 3.24. The Morgan fingerprint density at radius 2 is 1.83 bits per heavy atom. The highest BCUT2D eigenvalue weighted by molar-refractivity contribution is 4.66. The van der Waals surface area contributed by atoms with Gasteiger partial charge in [-0.05, 0) is 32.4 Å². The maximum absolute atomic E-state index is 3.69. The molecular weight excluding hydrogens is 146 g/mol. The third kappa shape index (κ3) is 9.70. The van der Waals surface area contributed by atoms with Crippen molar-refractivity contribution in [3.05, 3.63) is 12.7 Å². The monoisotopic (exact) mass is 169 g/mol. The molecule has 0 amide bonds. The molecular formula is C11H23N. The van der Waals surface area contributed by atoms with Crippen molar-refractivity contribution < 1.29 is 0 Å². The summed E-state index contributed by atoms with van der Waals surface area (Å²) in [4.78, 5) is 0. The zero-order valence-corrected chi connectivity index (χ0v) is 8.44. The van der Waals surface area contributed by atoms with Crippen LogP contribution in [0.5, 0.6) is 0 Å². The Hall–Kier alpha value is -0.300. The lowest BCUT2D eigenvalue weighted by Gasteiger charge is -2.02. The molecule has 1 nitrogen and oxygen atoms in total. The van der Waals surface area contributed by atoms with E-state index in [0.29, 0.717) is 0 Å². The van der Waals surface area contributed by atoms with E-state index >= 15 is 0 Å². The normalized spacial score (nSPS) is 10.1. The highest BCUT2D eigenvalue weighted by atomic mass is 14.8. The molecule has 0 bridgehead atoms. The summed E-state index contributed by atoms with van der Waals surface area (Å²) < 4.78 is 0. The van der Waals surface area contributed by atoms with Gasteiger partial charge in [0.1, 0.15) is 0 Å². The smallest absolute Gasteiger partial charge is 0.00460 e. The zero-order chi connectivity index (χ0) is 9.07. The summed E-state index contributed by atoms with van der Waals surface area (Å²) in [6.45, 7) is 8.28. The van der Waals surface area contributed by atoms with Crippen LogP contribution in [0.4, 0.5) is 0 Å². The van der Waals surface area contributed by atoms with Crippen LogP contribution in [0.2, 0.25) is 0 Å². The molecule has 0 radical (unpaired) electrons. The van der Waals surface area contributed by atoms with E-state index in [1.54, 1.807) is 0 Å². The molecule has 0 heterocycles. The van der Waals surface area contributed by atoms with Gasteiger partial charge in [0.25, 0.3) is 0 Å². The molecule has 0 rings (SSSR count). The average molecular weight is 169 g/mol. The number of rotatable bonds is 9. The largest absolute Gasteiger partial charge is 0.317 e. The molecule has 0 atom stereocenters. The third-order valence-electron chi connectivity index (χ3n) is 1.97. The van der Waals surface area contributed by atoms with Crippen molar-refractivity contribution >= 4 is 0 Å². The lowest BCUT2D eigenvalue weighted by Crippen LogP contribution is -2.16. The first-order valence-electron chi connectivity index (χ1n) is 5.23. The van der Waals surface area contributed by atoms with Crippen molar-refractivity contribution in [1.82, 2.24) is 5.32 Å². The van der Waals surface area contributed by atoms with E-state index in [2.05, 4.69) is 18.8 Å². The molecule has 0 unspecified atom stereocenters. The quantitative estimate of drug-likeness (QED) is 0.413. The Bertz CT molecular complexity index is 89.0. The number of allylic oxidation sites excluding steroid dienone is 1. The zero-order valence-electron chi connectivity index (χ0n) is 8.44. The Morgan fingerprint density at radius 1 is 1.08 bits per heavy atom. The topological polar surface area (TPSA) is 12.0 Å². The summed E-state index contributed by atoms with van der Waals surface area (Å²) in [5.41, 5.74) is 0. The van der Waals surface area contributed by atoms with Crippen molar-refractivity contribution in [3.63, 3.8) is 0 Å². The van der Waals surface area contributed by atoms with Gasteiger partial charge in [-0.2, -0.15) is 0 Å². The number of hydrogen-bond acceptors (Lipinski definition) is 1. The van der Waals surface area contributed by atoms with Crippen molar-refractivity contribution in [3.8, 4) is 0 Å². The van der Waals surface area contributed by atoms with Crippen LogP contribution in [-0.2, 0) is 0 Å². The summed E-state index contributed by atoms with van der Waals surface area (Å²) in [5.74, 6) is 0. The van der Waals surface area contributed by atoms with Crippen LogP contribution >= 0.6 is 0 Å². The molecule has 0 spiro atoms. The first-order valence-corrected chi connectivity index (χ1v) is 5.23. The molecule has 72 valence electrons. The molecule has 0 aromatic carbocycles. The van der Waals surface area contributed by atoms with Gasteiger partial charge in [0.2, 0.25) is 0 Å². The molecule has 0 fully saturated rings. The summed E-state index contributed by atoms with van der Waals surface area (Å²) in [7, 11) is 0. The SMILES string of the molecule is C=CCCCNCCCCCC. The first-order chi connectivity index (χ1) is 5.91. The minimum Gasteiger partial charge on any atom is -0.317 e. The maximum atomic E-state index is 3.69. The Morgan fingerprint density at radius 3 is 2.50 bits per heavy atom. The Labute approximate surface area is 77.2 Å². The molecule has 0 saturated heterocycles. The van der Waals surface area contributed by atoms with E-state index in [4.69, 9.17) is 0 Å². The minimum absolute atomic E-state index is 1.14. The van der Waals surface area contributed by atoms with Crippen LogP contribution in [0, 0.1) is 0 Å². The number of hydrogen-bond donors (Lipinski definition) is 1. The second-order valence-corrected chi connectivity index (χ2v) is 3.24. The van der Waals surface area contributed by atoms with Gasteiger partial charge in [-0.3, -0.25) is 0 Å². The van der Waals surface area contributed by atoms with Crippen molar-refractivity contribution in [1.29, 1.82) is 0 Å². The van der Waals surface area contributed by atoms with Crippen molar-refractivity contribution in [2.45, 2.75) is 45.4 Å². The summed E-state index contributed by atoms with van der Waals surface area (Å²) >= 11 is 0. The molecule has 0 aliphatic heterocycles. The van der Waals surface area contributed by atoms with Crippen molar-refractivity contribution in [2.75, 3.05) is 13.1 Å². The number of unbranched alkanes of at least 4 members (excludes halogenated alkanes) is 4. The molecule has 1 heteroatoms. The molecule has 0 aromatic heterocycles. The maximum Gasteiger partial charge on any atom is -0.00460 e. The van der Waals surface area contributed by atoms with Gasteiger partial charge in [0, 0.05) is 0 Å². The van der Waals surface area contributed by atoms with Crippen LogP contribution in [0.1, 0.15) is 45.4 Å². The molecule has 0 aliphatic rings. The van der Waals surface area contributed by atoms with Crippen LogP contribution < -0.4 is 5.32 Å². The third-order valence-corrected chi connectivity index (χ3v) is 1.97. The first kappa shape index (κ1) is 11.7. The molecule has 0 aliphatic carbocycles. The van der Waals surface area contributed by atoms with E-state index in [0.717, 1.165) is 13.0 Å². The lowest BCUT2D eigenvalue weighted by atomic mass is 10.2. The lowest BCUT2D eigenvalue weighted by molar-refractivity contribution is 0.587. The van der Waals surface area contributed by atoms with Crippen LogP contribution in [0.3, 0.4) is 0 Å². The molecule has 1 N–H and O–H groups in total. The summed E-state index contributed by atoms with van der Waals surface area (Å²) in [5, 5.41) is 3.43. The van der Waals surface area contributed by atoms with Gasteiger partial charge in [-0.25, -0.2) is 0 Å². The van der Waals surface area contributed by atoms with Crippen LogP contribution in [0.15, 0.2) is 12.7 Å². The van der Waals surface area contributed by atoms with Gasteiger partial charge in [0.15, 0.2) is 0 Å². The van der Waals surface area contributed by atoms with Gasteiger partial charge in [0.05, 0.1) is 0 Å². The van der Waals surface area contributed by atoms with Gasteiger partial charge < -0.3 is 5.32 Å². The fourth-order valence-electron chi connectivity index (χ4n) is 1.17. The van der Waals surface area contributed by atoms with E-state index < -0.39 is 0 Å². The molecule has 0 aromatic rings. The van der Waals surface area contributed by atoms with E-state index in [-0.39, 0.29) is 0 Å². The highest BCUT2D eigenvalue weighted by Crippen LogP contribution is 1.97. The fourth-order valence-corrected chi connectivity index (χ4v) is 1.17. The summed E-state index contributed by atoms with van der Waals surface area (Å²) in [6, 6.07) is 0. The fraction of sp³-hybridized carbons (Fsp3) is 0.818. The van der Waals surface area contributed by atoms with Crippen molar-refractivity contribution in [2.24, 2.45) is 0 Å². The minimum atomic E-state index is 1.14. The van der Waals surface area contributed by atoms with E-state index in [9.17, 15) is 0 Å². The Kier molecular flexibility index (Phi) is 10.4. The highest BCUT2D eigenvalue weighted by Gasteiger charge is 1.87. The van der Waals surface area contributed by atoms with Crippen LogP contribution in [0.25, 0.3) is 0 Å². The average Bonchev–Trinajstić information content (AvgIpc) is 2.10. The molecule has 12 heavy (non-hydrogen) atoms. The second kappa shape index (κ2) is 10.7. The van der Waals surface area contributed by atoms with Crippen LogP contribution in [-0.4, -0.2) is 13.1 Å². The van der Waals surface area contributed by atoms with E-state index in [1.165, 1.54) is 38.6 Å². The predicted octanol–water partition coefficient (Wildman–Crippen LogP) is 3.12. The van der Waals surface area contributed by atoms with E-state index in [1.807, 2.05) is 6.08 Å². The van der Waals surface area contributed by atoms with Gasteiger partial charge >= 0.3 is 0 Å². The van der Waals surface area contributed by atoms with Gasteiger partial charge in [-0.1, -0.05) is 32.3 Å². The molecule has 0 saturated carbocycles. The standard InChI is InChI=1S/C11H23N/c1-3-5-7-9-11-12-10-8-6-4-2/h4,12H,2-3,5-11H2,1H3.